The second-order valence-corrected chi connectivity index (χ2v) is 5.39. The molecule has 2 fully saturated rings. The third-order valence-electron chi connectivity index (χ3n) is 4.05. The molecular formula is C14H22N4. The maximum Gasteiger partial charge on any atom is 0.132 e. The zero-order valence-corrected chi connectivity index (χ0v) is 10.9. The molecule has 0 aromatic carbocycles. The zero-order chi connectivity index (χ0) is 12.2. The fourth-order valence-electron chi connectivity index (χ4n) is 2.97. The summed E-state index contributed by atoms with van der Waals surface area (Å²) in [7, 11) is 0. The van der Waals surface area contributed by atoms with Gasteiger partial charge in [-0.05, 0) is 45.1 Å². The highest BCUT2D eigenvalue weighted by atomic mass is 15.2. The third-order valence-corrected chi connectivity index (χ3v) is 4.05. The highest BCUT2D eigenvalue weighted by Gasteiger charge is 2.16. The van der Waals surface area contributed by atoms with Crippen LogP contribution in [0.1, 0.15) is 37.8 Å². The second-order valence-electron chi connectivity index (χ2n) is 5.39. The number of rotatable bonds is 4. The second kappa shape index (κ2) is 5.65. The third kappa shape index (κ3) is 2.80. The highest BCUT2D eigenvalue weighted by molar-refractivity contribution is 5.39. The van der Waals surface area contributed by atoms with Crippen molar-refractivity contribution in [2.24, 2.45) is 0 Å². The molecule has 1 atom stereocenters. The van der Waals surface area contributed by atoms with Crippen LogP contribution in [-0.4, -0.2) is 35.6 Å². The van der Waals surface area contributed by atoms with Crippen LogP contribution in [0.2, 0.25) is 0 Å². The largest absolute Gasteiger partial charge is 0.357 e. The summed E-state index contributed by atoms with van der Waals surface area (Å²) in [6, 6.07) is 2.88. The first kappa shape index (κ1) is 11.9. The first-order valence-electron chi connectivity index (χ1n) is 7.21. The van der Waals surface area contributed by atoms with Gasteiger partial charge in [0.1, 0.15) is 12.1 Å². The Labute approximate surface area is 109 Å². The Morgan fingerprint density at radius 1 is 1.22 bits per heavy atom. The van der Waals surface area contributed by atoms with E-state index in [0.29, 0.717) is 6.04 Å². The molecule has 0 saturated carbocycles. The zero-order valence-electron chi connectivity index (χ0n) is 10.9. The quantitative estimate of drug-likeness (QED) is 0.879. The van der Waals surface area contributed by atoms with E-state index < -0.39 is 0 Å². The van der Waals surface area contributed by atoms with Crippen LogP contribution >= 0.6 is 0 Å². The Morgan fingerprint density at radius 2 is 2.11 bits per heavy atom. The van der Waals surface area contributed by atoms with Crippen molar-refractivity contribution in [3.05, 3.63) is 18.1 Å². The van der Waals surface area contributed by atoms with Crippen LogP contribution in [0.5, 0.6) is 0 Å². The summed E-state index contributed by atoms with van der Waals surface area (Å²) >= 11 is 0. The van der Waals surface area contributed by atoms with E-state index in [1.165, 1.54) is 44.3 Å². The summed E-state index contributed by atoms with van der Waals surface area (Å²) < 4.78 is 0. The van der Waals surface area contributed by atoms with E-state index in [0.717, 1.165) is 25.3 Å². The first-order valence-corrected chi connectivity index (χ1v) is 7.21. The molecule has 3 rings (SSSR count). The molecule has 0 spiro atoms. The lowest BCUT2D eigenvalue weighted by atomic mass is 10.1. The Bertz CT molecular complexity index is 381. The van der Waals surface area contributed by atoms with Crippen molar-refractivity contribution >= 4 is 5.82 Å². The number of nitrogens with zero attached hydrogens (tertiary/aromatic N) is 3. The summed E-state index contributed by atoms with van der Waals surface area (Å²) in [6.45, 7) is 3.49. The summed E-state index contributed by atoms with van der Waals surface area (Å²) in [6.07, 6.45) is 9.25. The van der Waals surface area contributed by atoms with Crippen LogP contribution in [0.15, 0.2) is 12.4 Å². The first-order chi connectivity index (χ1) is 8.92. The SMILES string of the molecule is c1nc(CC[C@H]2CCCN2)cc(N2CCCC2)n1. The minimum atomic E-state index is 0.704. The van der Waals surface area contributed by atoms with Gasteiger partial charge in [0.05, 0.1) is 0 Å². The number of aryl methyl sites for hydroxylation is 1. The maximum absolute atomic E-state index is 4.41. The summed E-state index contributed by atoms with van der Waals surface area (Å²) in [4.78, 5) is 11.2. The van der Waals surface area contributed by atoms with Gasteiger partial charge in [-0.2, -0.15) is 0 Å². The standard InChI is InChI=1S/C14H22N4/c1-2-9-18(8-1)14-10-13(16-11-17-14)6-5-12-4-3-7-15-12/h10-12,15H,1-9H2/t12-/m1/s1. The van der Waals surface area contributed by atoms with Gasteiger partial charge >= 0.3 is 0 Å². The van der Waals surface area contributed by atoms with E-state index in [2.05, 4.69) is 26.3 Å². The maximum atomic E-state index is 4.41. The Morgan fingerprint density at radius 3 is 2.89 bits per heavy atom. The van der Waals surface area contributed by atoms with Crippen LogP contribution in [0, 0.1) is 0 Å². The molecule has 98 valence electrons. The average molecular weight is 246 g/mol. The number of hydrogen-bond acceptors (Lipinski definition) is 4. The lowest BCUT2D eigenvalue weighted by Crippen LogP contribution is -2.22. The molecule has 3 heterocycles. The summed E-state index contributed by atoms with van der Waals surface area (Å²) in [5.41, 5.74) is 1.20. The molecule has 2 aliphatic rings. The fraction of sp³-hybridized carbons (Fsp3) is 0.714. The van der Waals surface area contributed by atoms with Gasteiger partial charge in [0.25, 0.3) is 0 Å². The molecule has 1 aromatic heterocycles. The number of nitrogens with one attached hydrogen (secondary N) is 1. The predicted octanol–water partition coefficient (Wildman–Crippen LogP) is 1.76. The van der Waals surface area contributed by atoms with E-state index >= 15 is 0 Å². The van der Waals surface area contributed by atoms with Crippen LogP contribution in [0.4, 0.5) is 5.82 Å². The molecule has 2 saturated heterocycles. The molecule has 4 heteroatoms. The van der Waals surface area contributed by atoms with E-state index in [4.69, 9.17) is 0 Å². The minimum absolute atomic E-state index is 0.704. The van der Waals surface area contributed by atoms with Gasteiger partial charge < -0.3 is 10.2 Å². The summed E-state index contributed by atoms with van der Waals surface area (Å²) in [5.74, 6) is 1.12. The molecule has 2 aliphatic heterocycles. The highest BCUT2D eigenvalue weighted by Crippen LogP contribution is 2.19. The summed E-state index contributed by atoms with van der Waals surface area (Å²) in [5, 5.41) is 3.54. The number of hydrogen-bond donors (Lipinski definition) is 1. The van der Waals surface area contributed by atoms with E-state index in [9.17, 15) is 0 Å². The molecule has 18 heavy (non-hydrogen) atoms. The lowest BCUT2D eigenvalue weighted by Gasteiger charge is -2.16. The monoisotopic (exact) mass is 246 g/mol. The molecule has 4 nitrogen and oxygen atoms in total. The predicted molar refractivity (Wildman–Crippen MR) is 72.8 cm³/mol. The molecule has 0 amide bonds. The van der Waals surface area contributed by atoms with Crippen molar-refractivity contribution in [1.29, 1.82) is 0 Å². The van der Waals surface area contributed by atoms with Crippen LogP contribution < -0.4 is 10.2 Å². The van der Waals surface area contributed by atoms with Gasteiger partial charge in [-0.25, -0.2) is 9.97 Å². The molecule has 0 bridgehead atoms. The van der Waals surface area contributed by atoms with Gasteiger partial charge in [-0.3, -0.25) is 0 Å². The molecule has 0 radical (unpaired) electrons. The Hall–Kier alpha value is -1.16. The Kier molecular flexibility index (Phi) is 3.74. The van der Waals surface area contributed by atoms with Gasteiger partial charge in [0.15, 0.2) is 0 Å². The van der Waals surface area contributed by atoms with E-state index in [1.807, 2.05) is 0 Å². The lowest BCUT2D eigenvalue weighted by molar-refractivity contribution is 0.555. The van der Waals surface area contributed by atoms with Crippen molar-refractivity contribution < 1.29 is 0 Å². The van der Waals surface area contributed by atoms with Crippen molar-refractivity contribution in [2.45, 2.75) is 44.6 Å². The fourth-order valence-corrected chi connectivity index (χ4v) is 2.97. The van der Waals surface area contributed by atoms with Crippen molar-refractivity contribution in [1.82, 2.24) is 15.3 Å². The molecule has 1 aromatic rings. The van der Waals surface area contributed by atoms with Crippen LogP contribution in [0.25, 0.3) is 0 Å². The molecular weight excluding hydrogens is 224 g/mol. The topological polar surface area (TPSA) is 41.1 Å². The number of aromatic nitrogens is 2. The van der Waals surface area contributed by atoms with E-state index in [1.54, 1.807) is 6.33 Å². The van der Waals surface area contributed by atoms with Gasteiger partial charge in [0.2, 0.25) is 0 Å². The molecule has 1 N–H and O–H groups in total. The van der Waals surface area contributed by atoms with Crippen molar-refractivity contribution in [2.75, 3.05) is 24.5 Å². The van der Waals surface area contributed by atoms with Gasteiger partial charge in [0, 0.05) is 30.9 Å². The van der Waals surface area contributed by atoms with E-state index in [-0.39, 0.29) is 0 Å². The van der Waals surface area contributed by atoms with Gasteiger partial charge in [-0.15, -0.1) is 0 Å². The number of anilines is 1. The minimum Gasteiger partial charge on any atom is -0.357 e. The van der Waals surface area contributed by atoms with Gasteiger partial charge in [-0.1, -0.05) is 0 Å². The normalized spacial score (nSPS) is 23.8. The average Bonchev–Trinajstić information content (AvgIpc) is 3.10. The van der Waals surface area contributed by atoms with Crippen LogP contribution in [-0.2, 0) is 6.42 Å². The molecule has 0 aliphatic carbocycles. The Balaban J connectivity index is 1.59. The van der Waals surface area contributed by atoms with Crippen molar-refractivity contribution in [3.8, 4) is 0 Å². The van der Waals surface area contributed by atoms with Crippen LogP contribution in [0.3, 0.4) is 0 Å². The smallest absolute Gasteiger partial charge is 0.132 e. The van der Waals surface area contributed by atoms with Crippen molar-refractivity contribution in [3.63, 3.8) is 0 Å². The molecule has 0 unspecified atom stereocenters.